The van der Waals surface area contributed by atoms with Gasteiger partial charge in [0.25, 0.3) is 0 Å². The minimum Gasteiger partial charge on any atom is -0.478 e. The Kier molecular flexibility index (Phi) is 5.48. The summed E-state index contributed by atoms with van der Waals surface area (Å²) in [5, 5.41) is 9.35. The topological polar surface area (TPSA) is 54.6 Å². The monoisotopic (exact) mass is 478 g/mol. The molecule has 1 heterocycles. The third-order valence-corrected chi connectivity index (χ3v) is 5.33. The maximum atomic E-state index is 11.1. The van der Waals surface area contributed by atoms with E-state index in [1.807, 2.05) is 55.0 Å². The fourth-order valence-corrected chi connectivity index (χ4v) is 3.61. The summed E-state index contributed by atoms with van der Waals surface area (Å²) in [6.07, 6.45) is 1.85. The number of rotatable bonds is 4. The van der Waals surface area contributed by atoms with E-state index in [4.69, 9.17) is 16.7 Å². The van der Waals surface area contributed by atoms with Crippen LogP contribution in [0.15, 0.2) is 53.5 Å². The number of aliphatic imine (C=N–C) groups is 1. The van der Waals surface area contributed by atoms with Gasteiger partial charge in [0, 0.05) is 32.4 Å². The summed E-state index contributed by atoms with van der Waals surface area (Å²) in [7, 11) is 0. The standard InChI is InChI=1S/C20H16ClIN2O2/c1-12-9-14(11-23-19-6-4-3-5-18(19)22)13(2)24(12)15-7-8-16(20(25)26)17(21)10-15/h3-11H,1-2H3,(H,25,26). The van der Waals surface area contributed by atoms with E-state index in [0.29, 0.717) is 0 Å². The summed E-state index contributed by atoms with van der Waals surface area (Å²) >= 11 is 8.39. The van der Waals surface area contributed by atoms with Crippen molar-refractivity contribution < 1.29 is 9.90 Å². The zero-order valence-corrected chi connectivity index (χ0v) is 17.1. The first-order chi connectivity index (χ1) is 12.4. The highest BCUT2D eigenvalue weighted by Crippen LogP contribution is 2.26. The van der Waals surface area contributed by atoms with E-state index < -0.39 is 5.97 Å². The van der Waals surface area contributed by atoms with Crippen molar-refractivity contribution in [3.05, 3.63) is 79.6 Å². The first-order valence-electron chi connectivity index (χ1n) is 7.89. The smallest absolute Gasteiger partial charge is 0.337 e. The van der Waals surface area contributed by atoms with Gasteiger partial charge in [-0.1, -0.05) is 23.7 Å². The van der Waals surface area contributed by atoms with Gasteiger partial charge >= 0.3 is 5.97 Å². The van der Waals surface area contributed by atoms with Crippen molar-refractivity contribution >= 4 is 52.1 Å². The van der Waals surface area contributed by atoms with Crippen molar-refractivity contribution in [2.45, 2.75) is 13.8 Å². The number of nitrogens with zero attached hydrogens (tertiary/aromatic N) is 2. The van der Waals surface area contributed by atoms with E-state index in [-0.39, 0.29) is 10.6 Å². The number of aromatic nitrogens is 1. The molecule has 26 heavy (non-hydrogen) atoms. The van der Waals surface area contributed by atoms with E-state index in [9.17, 15) is 4.79 Å². The van der Waals surface area contributed by atoms with E-state index in [1.54, 1.807) is 12.1 Å². The highest BCUT2D eigenvalue weighted by molar-refractivity contribution is 14.1. The molecular weight excluding hydrogens is 463 g/mol. The third-order valence-electron chi connectivity index (χ3n) is 4.11. The molecule has 0 bridgehead atoms. The summed E-state index contributed by atoms with van der Waals surface area (Å²) in [4.78, 5) is 15.7. The van der Waals surface area contributed by atoms with Crippen LogP contribution < -0.4 is 0 Å². The lowest BCUT2D eigenvalue weighted by Crippen LogP contribution is -2.02. The maximum absolute atomic E-state index is 11.1. The number of hydrogen-bond acceptors (Lipinski definition) is 2. The fraction of sp³-hybridized carbons (Fsp3) is 0.100. The zero-order valence-electron chi connectivity index (χ0n) is 14.2. The normalized spacial score (nSPS) is 11.2. The lowest BCUT2D eigenvalue weighted by molar-refractivity contribution is 0.0697. The zero-order chi connectivity index (χ0) is 18.8. The van der Waals surface area contributed by atoms with Crippen LogP contribution in [0.3, 0.4) is 0 Å². The van der Waals surface area contributed by atoms with Crippen LogP contribution in [0.2, 0.25) is 5.02 Å². The van der Waals surface area contributed by atoms with Gasteiger partial charge in [-0.3, -0.25) is 4.99 Å². The van der Waals surface area contributed by atoms with Crippen molar-refractivity contribution in [2.75, 3.05) is 0 Å². The molecule has 1 N–H and O–H groups in total. The van der Waals surface area contributed by atoms with Gasteiger partial charge in [-0.2, -0.15) is 0 Å². The summed E-state index contributed by atoms with van der Waals surface area (Å²) in [6.45, 7) is 4.00. The molecule has 4 nitrogen and oxygen atoms in total. The number of benzene rings is 2. The number of carboxylic acids is 1. The molecule has 132 valence electrons. The van der Waals surface area contributed by atoms with Crippen molar-refractivity contribution in [3.63, 3.8) is 0 Å². The molecule has 0 fully saturated rings. The van der Waals surface area contributed by atoms with Crippen LogP contribution in [0.1, 0.15) is 27.3 Å². The average Bonchev–Trinajstić information content (AvgIpc) is 2.87. The predicted octanol–water partition coefficient (Wildman–Crippen LogP) is 5.80. The summed E-state index contributed by atoms with van der Waals surface area (Å²) < 4.78 is 3.13. The fourth-order valence-electron chi connectivity index (χ4n) is 2.83. The summed E-state index contributed by atoms with van der Waals surface area (Å²) in [5.41, 5.74) is 4.87. The minimum absolute atomic E-state index is 0.0957. The van der Waals surface area contributed by atoms with Gasteiger partial charge < -0.3 is 9.67 Å². The molecule has 0 aliphatic heterocycles. The highest BCUT2D eigenvalue weighted by Gasteiger charge is 2.13. The van der Waals surface area contributed by atoms with Crippen molar-refractivity contribution in [3.8, 4) is 5.69 Å². The second-order valence-corrected chi connectivity index (χ2v) is 7.41. The molecule has 3 rings (SSSR count). The second-order valence-electron chi connectivity index (χ2n) is 5.84. The number of carbonyl (C=O) groups is 1. The van der Waals surface area contributed by atoms with Gasteiger partial charge in [-0.25, -0.2) is 4.79 Å². The quantitative estimate of drug-likeness (QED) is 0.380. The van der Waals surface area contributed by atoms with Crippen LogP contribution in [0.5, 0.6) is 0 Å². The Morgan fingerprint density at radius 2 is 1.92 bits per heavy atom. The minimum atomic E-state index is -1.03. The van der Waals surface area contributed by atoms with Crippen LogP contribution in [-0.2, 0) is 0 Å². The number of hydrogen-bond donors (Lipinski definition) is 1. The van der Waals surface area contributed by atoms with Gasteiger partial charge in [0.05, 0.1) is 16.3 Å². The molecular formula is C20H16ClIN2O2. The van der Waals surface area contributed by atoms with Crippen LogP contribution >= 0.6 is 34.2 Å². The molecule has 0 saturated heterocycles. The number of aromatic carboxylic acids is 1. The summed E-state index contributed by atoms with van der Waals surface area (Å²) in [5.74, 6) is -1.03. The van der Waals surface area contributed by atoms with Crippen LogP contribution in [-0.4, -0.2) is 21.9 Å². The Hall–Kier alpha value is -2.12. The van der Waals surface area contributed by atoms with E-state index in [2.05, 4.69) is 27.6 Å². The Bertz CT molecular complexity index is 1020. The third kappa shape index (κ3) is 3.68. The molecule has 3 aromatic rings. The van der Waals surface area contributed by atoms with Gasteiger partial charge in [0.2, 0.25) is 0 Å². The predicted molar refractivity (Wildman–Crippen MR) is 114 cm³/mol. The molecule has 0 aliphatic carbocycles. The highest BCUT2D eigenvalue weighted by atomic mass is 127. The van der Waals surface area contributed by atoms with Gasteiger partial charge in [0.1, 0.15) is 0 Å². The Labute approximate surface area is 170 Å². The molecule has 6 heteroatoms. The molecule has 1 aromatic heterocycles. The number of para-hydroxylation sites is 1. The van der Waals surface area contributed by atoms with Crippen molar-refractivity contribution in [1.82, 2.24) is 4.57 Å². The lowest BCUT2D eigenvalue weighted by atomic mass is 10.2. The Morgan fingerprint density at radius 3 is 2.58 bits per heavy atom. The molecule has 0 spiro atoms. The summed E-state index contributed by atoms with van der Waals surface area (Å²) in [6, 6.07) is 14.9. The first-order valence-corrected chi connectivity index (χ1v) is 9.35. The van der Waals surface area contributed by atoms with Gasteiger partial charge in [0.15, 0.2) is 0 Å². The molecule has 0 aliphatic rings. The lowest BCUT2D eigenvalue weighted by Gasteiger charge is -2.11. The van der Waals surface area contributed by atoms with Crippen molar-refractivity contribution in [1.29, 1.82) is 0 Å². The maximum Gasteiger partial charge on any atom is 0.337 e. The van der Waals surface area contributed by atoms with E-state index >= 15 is 0 Å². The Morgan fingerprint density at radius 1 is 1.19 bits per heavy atom. The first kappa shape index (κ1) is 18.7. The van der Waals surface area contributed by atoms with E-state index in [0.717, 1.165) is 31.9 Å². The molecule has 0 saturated carbocycles. The molecule has 2 aromatic carbocycles. The Balaban J connectivity index is 2.00. The molecule has 0 atom stereocenters. The van der Waals surface area contributed by atoms with Crippen LogP contribution in [0.25, 0.3) is 5.69 Å². The molecule has 0 radical (unpaired) electrons. The largest absolute Gasteiger partial charge is 0.478 e. The van der Waals surface area contributed by atoms with Crippen molar-refractivity contribution in [2.24, 2.45) is 4.99 Å². The molecule has 0 unspecified atom stereocenters. The molecule has 0 amide bonds. The second kappa shape index (κ2) is 7.63. The van der Waals surface area contributed by atoms with Crippen LogP contribution in [0.4, 0.5) is 5.69 Å². The van der Waals surface area contributed by atoms with Gasteiger partial charge in [-0.05, 0) is 72.8 Å². The van der Waals surface area contributed by atoms with Gasteiger partial charge in [-0.15, -0.1) is 0 Å². The van der Waals surface area contributed by atoms with Crippen LogP contribution in [0, 0.1) is 17.4 Å². The SMILES string of the molecule is Cc1cc(C=Nc2ccccc2I)c(C)n1-c1ccc(C(=O)O)c(Cl)c1. The number of halogens is 2. The average molecular weight is 479 g/mol. The number of carboxylic acid groups (broad SMARTS) is 1. The number of aryl methyl sites for hydroxylation is 1. The van der Waals surface area contributed by atoms with E-state index in [1.165, 1.54) is 6.07 Å².